The fraction of sp³-hybridized carbons (Fsp3) is 0.312. The lowest BCUT2D eigenvalue weighted by Gasteiger charge is -2.15. The van der Waals surface area contributed by atoms with Gasteiger partial charge in [0.2, 0.25) is 5.91 Å². The van der Waals surface area contributed by atoms with Crippen molar-refractivity contribution < 1.29 is 13.9 Å². The SMILES string of the molecule is C[C@H]1OCc2cc(=O)n([C@@H](C)C(=O)Nc3ccc(F)c(Cl)c3)nc21. The quantitative estimate of drug-likeness (QED) is 0.922. The second-order valence-electron chi connectivity index (χ2n) is 5.58. The predicted molar refractivity (Wildman–Crippen MR) is 86.5 cm³/mol. The molecule has 2 heterocycles. The molecule has 6 nitrogen and oxygen atoms in total. The molecule has 0 saturated carbocycles. The van der Waals surface area contributed by atoms with Crippen molar-refractivity contribution in [1.82, 2.24) is 9.78 Å². The van der Waals surface area contributed by atoms with E-state index < -0.39 is 17.8 Å². The van der Waals surface area contributed by atoms with Gasteiger partial charge in [0.15, 0.2) is 0 Å². The fourth-order valence-electron chi connectivity index (χ4n) is 2.48. The number of halogens is 2. The van der Waals surface area contributed by atoms with Crippen molar-refractivity contribution in [3.05, 3.63) is 56.7 Å². The van der Waals surface area contributed by atoms with Gasteiger partial charge in [-0.2, -0.15) is 5.10 Å². The molecule has 0 saturated heterocycles. The lowest BCUT2D eigenvalue weighted by atomic mass is 10.2. The van der Waals surface area contributed by atoms with Gasteiger partial charge in [-0.1, -0.05) is 11.6 Å². The van der Waals surface area contributed by atoms with Gasteiger partial charge in [0.1, 0.15) is 11.9 Å². The molecule has 1 amide bonds. The van der Waals surface area contributed by atoms with Crippen molar-refractivity contribution in [1.29, 1.82) is 0 Å². The molecule has 1 aromatic carbocycles. The highest BCUT2D eigenvalue weighted by Crippen LogP contribution is 2.27. The number of hydrogen-bond donors (Lipinski definition) is 1. The lowest BCUT2D eigenvalue weighted by molar-refractivity contribution is -0.119. The number of hydrogen-bond acceptors (Lipinski definition) is 4. The van der Waals surface area contributed by atoms with Gasteiger partial charge in [-0.05, 0) is 32.0 Å². The number of fused-ring (bicyclic) bond motifs is 1. The van der Waals surface area contributed by atoms with Crippen molar-refractivity contribution >= 4 is 23.2 Å². The maximum Gasteiger partial charge on any atom is 0.267 e. The molecule has 1 aliphatic rings. The van der Waals surface area contributed by atoms with E-state index in [-0.39, 0.29) is 16.7 Å². The first-order valence-electron chi connectivity index (χ1n) is 7.37. The Labute approximate surface area is 142 Å². The van der Waals surface area contributed by atoms with Crippen LogP contribution in [0.5, 0.6) is 0 Å². The van der Waals surface area contributed by atoms with Gasteiger partial charge in [-0.15, -0.1) is 0 Å². The molecule has 3 rings (SSSR count). The van der Waals surface area contributed by atoms with Crippen LogP contribution in [0, 0.1) is 5.82 Å². The molecule has 0 bridgehead atoms. The summed E-state index contributed by atoms with van der Waals surface area (Å²) >= 11 is 5.69. The fourth-order valence-corrected chi connectivity index (χ4v) is 2.66. The van der Waals surface area contributed by atoms with Crippen LogP contribution in [0.4, 0.5) is 10.1 Å². The standard InChI is InChI=1S/C16H15ClFN3O3/c1-8(16(23)19-11-3-4-13(18)12(17)6-11)21-14(22)5-10-7-24-9(2)15(10)20-21/h3-6,8-9H,7H2,1-2H3,(H,19,23)/t8-,9+/m0/s1. The molecule has 2 aromatic rings. The molecule has 24 heavy (non-hydrogen) atoms. The number of ether oxygens (including phenoxy) is 1. The number of nitrogens with one attached hydrogen (secondary N) is 1. The van der Waals surface area contributed by atoms with Gasteiger partial charge in [0.25, 0.3) is 5.56 Å². The van der Waals surface area contributed by atoms with Gasteiger partial charge in [0, 0.05) is 17.3 Å². The number of anilines is 1. The van der Waals surface area contributed by atoms with Crippen LogP contribution in [0.25, 0.3) is 0 Å². The Bertz CT molecular complexity index is 868. The summed E-state index contributed by atoms with van der Waals surface area (Å²) in [6, 6.07) is 4.43. The summed E-state index contributed by atoms with van der Waals surface area (Å²) in [6.07, 6.45) is -0.224. The van der Waals surface area contributed by atoms with Gasteiger partial charge >= 0.3 is 0 Å². The molecule has 1 N–H and O–H groups in total. The maximum absolute atomic E-state index is 13.2. The summed E-state index contributed by atoms with van der Waals surface area (Å²) in [5.74, 6) is -1.04. The molecule has 126 valence electrons. The van der Waals surface area contributed by atoms with E-state index in [4.69, 9.17) is 16.3 Å². The topological polar surface area (TPSA) is 73.2 Å². The first kappa shape index (κ1) is 16.6. The molecule has 0 unspecified atom stereocenters. The van der Waals surface area contributed by atoms with E-state index in [0.717, 1.165) is 16.3 Å². The summed E-state index contributed by atoms with van der Waals surface area (Å²) < 4.78 is 19.7. The second-order valence-corrected chi connectivity index (χ2v) is 5.99. The van der Waals surface area contributed by atoms with E-state index in [0.29, 0.717) is 18.0 Å². The number of amides is 1. The Morgan fingerprint density at radius 1 is 1.50 bits per heavy atom. The molecular weight excluding hydrogens is 337 g/mol. The van der Waals surface area contributed by atoms with Crippen LogP contribution in [0.3, 0.4) is 0 Å². The minimum absolute atomic E-state index is 0.0979. The van der Waals surface area contributed by atoms with Gasteiger partial charge in [-0.3, -0.25) is 9.59 Å². The highest BCUT2D eigenvalue weighted by atomic mass is 35.5. The smallest absolute Gasteiger partial charge is 0.267 e. The zero-order valence-corrected chi connectivity index (χ0v) is 13.8. The number of benzene rings is 1. The lowest BCUT2D eigenvalue weighted by Crippen LogP contribution is -2.34. The zero-order valence-electron chi connectivity index (χ0n) is 13.0. The normalized spacial score (nSPS) is 17.4. The van der Waals surface area contributed by atoms with Crippen LogP contribution < -0.4 is 10.9 Å². The number of carbonyl (C=O) groups is 1. The van der Waals surface area contributed by atoms with Crippen LogP contribution in [0.15, 0.2) is 29.1 Å². The van der Waals surface area contributed by atoms with Crippen molar-refractivity contribution in [2.75, 3.05) is 5.32 Å². The average Bonchev–Trinajstić information content (AvgIpc) is 2.89. The first-order chi connectivity index (χ1) is 11.4. The Balaban J connectivity index is 1.84. The number of aromatic nitrogens is 2. The number of rotatable bonds is 3. The monoisotopic (exact) mass is 351 g/mol. The maximum atomic E-state index is 13.2. The van der Waals surface area contributed by atoms with Crippen molar-refractivity contribution in [2.24, 2.45) is 0 Å². The Hall–Kier alpha value is -2.25. The Kier molecular flexibility index (Phi) is 4.38. The molecule has 0 radical (unpaired) electrons. The van der Waals surface area contributed by atoms with Gasteiger partial charge < -0.3 is 10.1 Å². The highest BCUT2D eigenvalue weighted by molar-refractivity contribution is 6.31. The molecule has 1 aliphatic heterocycles. The predicted octanol–water partition coefficient (Wildman–Crippen LogP) is 2.83. The molecule has 0 aliphatic carbocycles. The van der Waals surface area contributed by atoms with Gasteiger partial charge in [-0.25, -0.2) is 9.07 Å². The van der Waals surface area contributed by atoms with Crippen molar-refractivity contribution in [3.8, 4) is 0 Å². The van der Waals surface area contributed by atoms with E-state index in [1.165, 1.54) is 18.2 Å². The Morgan fingerprint density at radius 2 is 2.25 bits per heavy atom. The van der Waals surface area contributed by atoms with E-state index >= 15 is 0 Å². The van der Waals surface area contributed by atoms with Crippen LogP contribution in [0.2, 0.25) is 5.02 Å². The summed E-state index contributed by atoms with van der Waals surface area (Å²) in [5, 5.41) is 6.76. The third-order valence-corrected chi connectivity index (χ3v) is 4.16. The first-order valence-corrected chi connectivity index (χ1v) is 7.74. The van der Waals surface area contributed by atoms with Crippen molar-refractivity contribution in [3.63, 3.8) is 0 Å². The minimum Gasteiger partial charge on any atom is -0.367 e. The highest BCUT2D eigenvalue weighted by Gasteiger charge is 2.25. The summed E-state index contributed by atoms with van der Waals surface area (Å²) in [4.78, 5) is 24.5. The third kappa shape index (κ3) is 3.05. The summed E-state index contributed by atoms with van der Waals surface area (Å²) in [7, 11) is 0. The van der Waals surface area contributed by atoms with E-state index in [9.17, 15) is 14.0 Å². The van der Waals surface area contributed by atoms with E-state index in [2.05, 4.69) is 10.4 Å². The van der Waals surface area contributed by atoms with E-state index in [1.807, 2.05) is 6.92 Å². The molecular formula is C16H15ClFN3O3. The summed E-state index contributed by atoms with van der Waals surface area (Å²) in [6.45, 7) is 3.73. The average molecular weight is 352 g/mol. The number of nitrogens with zero attached hydrogens (tertiary/aromatic N) is 2. The molecule has 8 heteroatoms. The van der Waals surface area contributed by atoms with Crippen LogP contribution in [0.1, 0.15) is 37.3 Å². The van der Waals surface area contributed by atoms with E-state index in [1.54, 1.807) is 6.92 Å². The second kappa shape index (κ2) is 6.33. The number of carbonyl (C=O) groups excluding carboxylic acids is 1. The largest absolute Gasteiger partial charge is 0.367 e. The van der Waals surface area contributed by atoms with Crippen LogP contribution >= 0.6 is 11.6 Å². The van der Waals surface area contributed by atoms with Gasteiger partial charge in [0.05, 0.1) is 23.4 Å². The Morgan fingerprint density at radius 3 is 2.96 bits per heavy atom. The molecule has 2 atom stereocenters. The van der Waals surface area contributed by atoms with Crippen LogP contribution in [-0.4, -0.2) is 15.7 Å². The molecule has 0 spiro atoms. The molecule has 0 fully saturated rings. The van der Waals surface area contributed by atoms with Crippen molar-refractivity contribution in [2.45, 2.75) is 32.6 Å². The third-order valence-electron chi connectivity index (χ3n) is 3.88. The van der Waals surface area contributed by atoms with Crippen LogP contribution in [-0.2, 0) is 16.1 Å². The zero-order chi connectivity index (χ0) is 17.4. The molecule has 1 aromatic heterocycles. The minimum atomic E-state index is -0.848. The summed E-state index contributed by atoms with van der Waals surface area (Å²) in [5.41, 5.74) is 1.34.